The fraction of sp³-hybridized carbons (Fsp3) is 0.0909. The van der Waals surface area contributed by atoms with Gasteiger partial charge in [0.15, 0.2) is 23.0 Å². The van der Waals surface area contributed by atoms with Gasteiger partial charge in [0.1, 0.15) is 92.0 Å². The van der Waals surface area contributed by atoms with Gasteiger partial charge in [-0.25, -0.2) is 0 Å². The van der Waals surface area contributed by atoms with Crippen molar-refractivity contribution in [3.63, 3.8) is 0 Å². The summed E-state index contributed by atoms with van der Waals surface area (Å²) in [6, 6.07) is 89.0. The number of fused-ring (bicyclic) bond motifs is 4. The molecule has 652 valence electrons. The molecule has 130 heavy (non-hydrogen) atoms. The number of hydrogen-bond donors (Lipinski definition) is 20. The minimum Gasteiger partial charge on any atom is -0.508 e. The van der Waals surface area contributed by atoms with Crippen LogP contribution in [0.5, 0.6) is 115 Å². The number of rotatable bonds is 20. The fourth-order valence-corrected chi connectivity index (χ4v) is 16.3. The van der Waals surface area contributed by atoms with Crippen LogP contribution in [0.4, 0.5) is 0 Å². The van der Waals surface area contributed by atoms with Gasteiger partial charge in [0.25, 0.3) is 0 Å². The Balaban J connectivity index is 0.000000134. The second-order valence-corrected chi connectivity index (χ2v) is 32.3. The summed E-state index contributed by atoms with van der Waals surface area (Å²) in [6.07, 6.45) is 4.16. The molecule has 0 aliphatic heterocycles. The predicted molar refractivity (Wildman–Crippen MR) is 502 cm³/mol. The maximum absolute atomic E-state index is 11.4. The number of phenolic OH excluding ortho intramolecular Hbond substituents is 20. The smallest absolute Gasteiger partial charge is 0.166 e. The van der Waals surface area contributed by atoms with Gasteiger partial charge in [0, 0.05) is 111 Å². The van der Waals surface area contributed by atoms with Gasteiger partial charge in [0.2, 0.25) is 0 Å². The molecule has 20 heteroatoms. The summed E-state index contributed by atoms with van der Waals surface area (Å²) in [5, 5.41) is 209. The zero-order chi connectivity index (χ0) is 91.6. The number of hydrogen-bond acceptors (Lipinski definition) is 20. The molecule has 0 aliphatic rings. The van der Waals surface area contributed by atoms with Crippen molar-refractivity contribution in [3.8, 4) is 115 Å². The Labute approximate surface area is 746 Å². The first-order valence-corrected chi connectivity index (χ1v) is 41.7. The van der Waals surface area contributed by atoms with Crippen LogP contribution in [0.25, 0.3) is 43.1 Å². The maximum Gasteiger partial charge on any atom is 0.166 e. The fourth-order valence-electron chi connectivity index (χ4n) is 16.3. The van der Waals surface area contributed by atoms with E-state index in [1.165, 1.54) is 0 Å². The third-order valence-electron chi connectivity index (χ3n) is 23.0. The van der Waals surface area contributed by atoms with Gasteiger partial charge in [-0.1, -0.05) is 152 Å². The molecule has 0 amide bonds. The topological polar surface area (TPSA) is 405 Å². The Kier molecular flexibility index (Phi) is 26.1. The zero-order valence-electron chi connectivity index (χ0n) is 70.0. The number of benzene rings is 18. The number of phenols is 20. The maximum atomic E-state index is 11.4. The number of aromatic hydroxyl groups is 20. The van der Waals surface area contributed by atoms with E-state index in [0.29, 0.717) is 140 Å². The van der Waals surface area contributed by atoms with Crippen molar-refractivity contribution in [2.24, 2.45) is 0 Å². The Morgan fingerprint density at radius 3 is 0.746 bits per heavy atom. The lowest BCUT2D eigenvalue weighted by atomic mass is 9.89. The highest BCUT2D eigenvalue weighted by Gasteiger charge is 2.25. The van der Waals surface area contributed by atoms with Crippen LogP contribution >= 0.6 is 0 Å². The summed E-state index contributed by atoms with van der Waals surface area (Å²) < 4.78 is 0. The first-order valence-electron chi connectivity index (χ1n) is 41.7. The molecule has 0 spiro atoms. The molecule has 20 N–H and O–H groups in total. The lowest BCUT2D eigenvalue weighted by Gasteiger charge is -2.18. The molecule has 0 unspecified atom stereocenters. The summed E-state index contributed by atoms with van der Waals surface area (Å²) in [5.74, 6) is 1.07. The quantitative estimate of drug-likeness (QED) is 0.0249. The van der Waals surface area contributed by atoms with Crippen molar-refractivity contribution in [2.75, 3.05) is 0 Å². The molecule has 20 nitrogen and oxygen atoms in total. The largest absolute Gasteiger partial charge is 0.508 e. The summed E-state index contributed by atoms with van der Waals surface area (Å²) in [7, 11) is 0. The van der Waals surface area contributed by atoms with Crippen LogP contribution in [0.3, 0.4) is 0 Å². The van der Waals surface area contributed by atoms with Crippen LogP contribution in [0.15, 0.2) is 315 Å². The molecule has 0 aromatic heterocycles. The average Bonchev–Trinajstić information content (AvgIpc) is 0.768. The van der Waals surface area contributed by atoms with Gasteiger partial charge in [-0.05, 0) is 272 Å². The highest BCUT2D eigenvalue weighted by molar-refractivity contribution is 6.00. The molecule has 0 saturated heterocycles. The summed E-state index contributed by atoms with van der Waals surface area (Å²) in [6.45, 7) is 0. The molecular formula is C110H92O20. The summed E-state index contributed by atoms with van der Waals surface area (Å²) in [4.78, 5) is 0. The highest BCUT2D eigenvalue weighted by atomic mass is 16.3. The van der Waals surface area contributed by atoms with E-state index in [2.05, 4.69) is 0 Å². The third-order valence-corrected chi connectivity index (χ3v) is 23.0. The van der Waals surface area contributed by atoms with Crippen LogP contribution in [0, 0.1) is 0 Å². The van der Waals surface area contributed by atoms with Crippen molar-refractivity contribution < 1.29 is 102 Å². The van der Waals surface area contributed by atoms with Gasteiger partial charge in [-0.2, -0.15) is 0 Å². The molecule has 0 heterocycles. The lowest BCUT2D eigenvalue weighted by molar-refractivity contribution is 0.404. The van der Waals surface area contributed by atoms with Gasteiger partial charge in [-0.15, -0.1) is 0 Å². The van der Waals surface area contributed by atoms with E-state index in [9.17, 15) is 102 Å². The van der Waals surface area contributed by atoms with E-state index >= 15 is 0 Å². The van der Waals surface area contributed by atoms with Crippen molar-refractivity contribution >= 4 is 43.1 Å². The first kappa shape index (κ1) is 87.9. The van der Waals surface area contributed by atoms with Crippen molar-refractivity contribution in [1.82, 2.24) is 0 Å². The Bertz CT molecular complexity index is 7110. The van der Waals surface area contributed by atoms with Gasteiger partial charge in [0.05, 0.1) is 0 Å². The molecule has 0 fully saturated rings. The Hall–Kier alpha value is -17.0. The van der Waals surface area contributed by atoms with Gasteiger partial charge in [-0.3, -0.25) is 0 Å². The monoisotopic (exact) mass is 1730 g/mol. The van der Waals surface area contributed by atoms with Crippen LogP contribution < -0.4 is 0 Å². The molecule has 0 atom stereocenters. The molecule has 0 bridgehead atoms. The molecular weight excluding hydrogens is 1640 g/mol. The van der Waals surface area contributed by atoms with E-state index in [-0.39, 0.29) is 121 Å². The average molecular weight is 1730 g/mol. The van der Waals surface area contributed by atoms with E-state index < -0.39 is 0 Å². The highest BCUT2D eigenvalue weighted by Crippen LogP contribution is 2.48. The third kappa shape index (κ3) is 20.8. The second kappa shape index (κ2) is 38.6. The zero-order valence-corrected chi connectivity index (χ0v) is 70.0. The van der Waals surface area contributed by atoms with E-state index in [1.54, 1.807) is 255 Å². The Morgan fingerprint density at radius 2 is 0.400 bits per heavy atom. The van der Waals surface area contributed by atoms with Crippen LogP contribution in [-0.2, 0) is 64.2 Å². The normalized spacial score (nSPS) is 11.1. The van der Waals surface area contributed by atoms with E-state index in [1.807, 2.05) is 60.7 Å². The van der Waals surface area contributed by atoms with Crippen LogP contribution in [0.1, 0.15) is 111 Å². The standard InChI is InChI=1S/C31H26O6.C31H26O5.C24H20O5.C24H20O4/c32-24-7-1-18(2-8-24)13-22-16-21-17-23(14-19-3-9-25(33)10-4-19)30(36)31(37)28(21)27(29(22)35)15-20-5-11-26(34)12-6-20;32-25-7-1-19(2-8-25)13-22-16-23(14-20-3-9-26(33)10-4-20)30-28(17-22)29(35)18-24(31(30)36)15-21-5-11-27(34)12-6-21;25-18-6-1-14(2-7-18)11-17-13-16-5-10-21(27)20(22(16)24(29)23(17)28)12-15-3-8-19(26)9-4-15;25-19-8-4-15(5-9-19)12-17-2-1-3-21-22(27)14-18(24(28)23(17)21)13-16-6-10-20(26)11-7-16/h1-12,16-17,32-37H,13-15H2;1-12,16-18,32-36H,13-15H2;1-10,13,25-29H,11-12H2;1-11,14,25-28H,12-13H2. The SMILES string of the molecule is Oc1ccc(Cc2cc(Cc3ccc(O)cc3)c3c(O)c(Cc4ccc(O)cc4)cc(O)c3c2)cc1.Oc1ccc(Cc2cc(O)c3cccc(Cc4ccc(O)cc4)c3c2O)cc1.Oc1ccc(Cc2cc3cc(Cc4ccc(O)cc4)c(O)c(Cc4ccc(O)cc4)c3c(O)c2O)cc1.Oc1ccc(Cc2cc3ccc(O)c(Cc4ccc(O)cc4)c3c(O)c2O)cc1. The predicted octanol–water partition coefficient (Wildman–Crippen LogP) is 21.4. The van der Waals surface area contributed by atoms with Gasteiger partial charge < -0.3 is 102 Å². The van der Waals surface area contributed by atoms with Crippen molar-refractivity contribution in [2.45, 2.75) is 64.2 Å². The van der Waals surface area contributed by atoms with Crippen molar-refractivity contribution in [3.05, 3.63) is 427 Å². The lowest BCUT2D eigenvalue weighted by Crippen LogP contribution is -1.99. The molecule has 0 radical (unpaired) electrons. The second-order valence-electron chi connectivity index (χ2n) is 32.3. The molecule has 18 aromatic carbocycles. The van der Waals surface area contributed by atoms with Gasteiger partial charge >= 0.3 is 0 Å². The van der Waals surface area contributed by atoms with E-state index in [0.717, 1.165) is 72.3 Å². The summed E-state index contributed by atoms with van der Waals surface area (Å²) >= 11 is 0. The molecule has 18 aromatic rings. The van der Waals surface area contributed by atoms with Crippen LogP contribution in [0.2, 0.25) is 0 Å². The first-order chi connectivity index (χ1) is 62.6. The molecule has 0 saturated carbocycles. The van der Waals surface area contributed by atoms with Crippen molar-refractivity contribution in [1.29, 1.82) is 0 Å². The minimum atomic E-state index is -0.313. The van der Waals surface area contributed by atoms with E-state index in [4.69, 9.17) is 0 Å². The minimum absolute atomic E-state index is 0.00892. The summed E-state index contributed by atoms with van der Waals surface area (Å²) in [5.41, 5.74) is 15.6. The molecule has 18 rings (SSSR count). The Morgan fingerprint density at radius 1 is 0.138 bits per heavy atom. The molecule has 0 aliphatic carbocycles. The van der Waals surface area contributed by atoms with Crippen LogP contribution in [-0.4, -0.2) is 102 Å².